The van der Waals surface area contributed by atoms with Crippen LogP contribution in [0.4, 0.5) is 5.69 Å². The fraction of sp³-hybridized carbons (Fsp3) is 0.516. The Morgan fingerprint density at radius 3 is 2.58 bits per heavy atom. The second kappa shape index (κ2) is 13.3. The van der Waals surface area contributed by atoms with Crippen LogP contribution < -0.4 is 25.6 Å². The van der Waals surface area contributed by atoms with Crippen LogP contribution in [0.5, 0.6) is 5.75 Å². The van der Waals surface area contributed by atoms with E-state index in [0.717, 1.165) is 57.0 Å². The molecule has 3 amide bonds. The Balaban J connectivity index is 1.17. The van der Waals surface area contributed by atoms with Crippen molar-refractivity contribution in [1.29, 1.82) is 0 Å². The van der Waals surface area contributed by atoms with Gasteiger partial charge in [-0.05, 0) is 73.7 Å². The van der Waals surface area contributed by atoms with Crippen molar-refractivity contribution in [1.82, 2.24) is 20.9 Å². The summed E-state index contributed by atoms with van der Waals surface area (Å²) >= 11 is 0. The number of nitrogens with zero attached hydrogens (tertiary/aromatic N) is 2. The second-order valence-electron chi connectivity index (χ2n) is 11.0. The average molecular weight is 548 g/mol. The number of anilines is 1. The van der Waals surface area contributed by atoms with Crippen LogP contribution in [0.15, 0.2) is 42.5 Å². The molecule has 9 heteroatoms. The number of imide groups is 1. The summed E-state index contributed by atoms with van der Waals surface area (Å²) in [5.74, 6) is -0.304. The van der Waals surface area contributed by atoms with Crippen LogP contribution in [0.2, 0.25) is 0 Å². The highest BCUT2D eigenvalue weighted by Gasteiger charge is 2.29. The van der Waals surface area contributed by atoms with Crippen molar-refractivity contribution >= 4 is 23.4 Å². The third-order valence-electron chi connectivity index (χ3n) is 8.24. The van der Waals surface area contributed by atoms with E-state index < -0.39 is 11.9 Å². The molecule has 3 heterocycles. The van der Waals surface area contributed by atoms with Gasteiger partial charge in [-0.2, -0.15) is 0 Å². The molecule has 2 aromatic carbocycles. The maximum atomic E-state index is 12.9. The number of aryl methyl sites for hydroxylation is 1. The summed E-state index contributed by atoms with van der Waals surface area (Å²) in [7, 11) is 0. The van der Waals surface area contributed by atoms with Gasteiger partial charge in [0.1, 0.15) is 18.4 Å². The van der Waals surface area contributed by atoms with Crippen molar-refractivity contribution < 1.29 is 19.1 Å². The number of hydrogen-bond acceptors (Lipinski definition) is 7. The molecule has 0 spiro atoms. The predicted molar refractivity (Wildman–Crippen MR) is 155 cm³/mol. The van der Waals surface area contributed by atoms with Crippen LogP contribution >= 0.6 is 0 Å². The van der Waals surface area contributed by atoms with E-state index in [0.29, 0.717) is 31.1 Å². The minimum absolute atomic E-state index is 0.226. The molecule has 40 heavy (non-hydrogen) atoms. The number of piperidine rings is 2. The first-order valence-electron chi connectivity index (χ1n) is 14.7. The van der Waals surface area contributed by atoms with Crippen LogP contribution in [0.25, 0.3) is 0 Å². The van der Waals surface area contributed by atoms with Crippen LogP contribution in [-0.2, 0) is 22.6 Å². The van der Waals surface area contributed by atoms with E-state index in [1.54, 1.807) is 6.07 Å². The molecule has 9 nitrogen and oxygen atoms in total. The summed E-state index contributed by atoms with van der Waals surface area (Å²) in [5.41, 5.74) is 4.02. The Kier molecular flexibility index (Phi) is 9.34. The molecule has 0 bridgehead atoms. The third-order valence-corrected chi connectivity index (χ3v) is 8.24. The van der Waals surface area contributed by atoms with Crippen molar-refractivity contribution in [2.45, 2.75) is 64.1 Å². The fourth-order valence-electron chi connectivity index (χ4n) is 5.86. The summed E-state index contributed by atoms with van der Waals surface area (Å²) < 4.78 is 6.28. The molecular weight excluding hydrogens is 506 g/mol. The van der Waals surface area contributed by atoms with Gasteiger partial charge in [-0.3, -0.25) is 24.6 Å². The summed E-state index contributed by atoms with van der Waals surface area (Å²) in [6.45, 7) is 8.75. The van der Waals surface area contributed by atoms with Gasteiger partial charge in [-0.15, -0.1) is 0 Å². The van der Waals surface area contributed by atoms with Crippen LogP contribution in [0, 0.1) is 0 Å². The van der Waals surface area contributed by atoms with E-state index in [9.17, 15) is 14.4 Å². The van der Waals surface area contributed by atoms with Crippen molar-refractivity contribution in [3.8, 4) is 5.75 Å². The van der Waals surface area contributed by atoms with Crippen LogP contribution in [-0.4, -0.2) is 74.0 Å². The molecule has 3 fully saturated rings. The number of piperazine rings is 1. The van der Waals surface area contributed by atoms with E-state index in [2.05, 4.69) is 50.0 Å². The minimum Gasteiger partial charge on any atom is -0.492 e. The van der Waals surface area contributed by atoms with E-state index in [1.165, 1.54) is 24.1 Å². The van der Waals surface area contributed by atoms with Crippen molar-refractivity contribution in [2.75, 3.05) is 44.2 Å². The molecule has 2 aromatic rings. The second-order valence-corrected chi connectivity index (χ2v) is 11.0. The number of rotatable bonds is 9. The average Bonchev–Trinajstić information content (AvgIpc) is 2.99. The Labute approximate surface area is 236 Å². The maximum absolute atomic E-state index is 12.9. The minimum atomic E-state index is -0.693. The zero-order valence-corrected chi connectivity index (χ0v) is 23.4. The predicted octanol–water partition coefficient (Wildman–Crippen LogP) is 2.63. The van der Waals surface area contributed by atoms with Gasteiger partial charge in [-0.25, -0.2) is 0 Å². The van der Waals surface area contributed by atoms with Gasteiger partial charge < -0.3 is 20.3 Å². The normalized spacial score (nSPS) is 22.1. The number of ether oxygens (including phenoxy) is 1. The first-order valence-corrected chi connectivity index (χ1v) is 14.7. The molecule has 3 aliphatic rings. The van der Waals surface area contributed by atoms with E-state index in [1.807, 2.05) is 19.1 Å². The lowest BCUT2D eigenvalue weighted by Crippen LogP contribution is -2.52. The molecule has 3 saturated heterocycles. The van der Waals surface area contributed by atoms with Gasteiger partial charge >= 0.3 is 0 Å². The molecule has 214 valence electrons. The van der Waals surface area contributed by atoms with Gasteiger partial charge in [0.15, 0.2) is 0 Å². The summed E-state index contributed by atoms with van der Waals surface area (Å²) in [5, 5.41) is 8.47. The Morgan fingerprint density at radius 2 is 1.82 bits per heavy atom. The van der Waals surface area contributed by atoms with Crippen molar-refractivity contribution in [3.05, 3.63) is 59.2 Å². The Hall–Kier alpha value is -3.43. The zero-order chi connectivity index (χ0) is 27.9. The molecule has 0 aromatic heterocycles. The topological polar surface area (TPSA) is 103 Å². The molecule has 2 atom stereocenters. The quantitative estimate of drug-likeness (QED) is 0.415. The molecule has 0 aliphatic carbocycles. The lowest BCUT2D eigenvalue weighted by Gasteiger charge is -2.35. The molecule has 3 N–H and O–H groups in total. The van der Waals surface area contributed by atoms with Gasteiger partial charge in [0.25, 0.3) is 5.91 Å². The smallest absolute Gasteiger partial charge is 0.252 e. The summed E-state index contributed by atoms with van der Waals surface area (Å²) in [6.07, 6.45) is 4.71. The number of carbonyl (C=O) groups excluding carboxylic acids is 3. The third kappa shape index (κ3) is 7.01. The van der Waals surface area contributed by atoms with E-state index in [-0.39, 0.29) is 18.2 Å². The van der Waals surface area contributed by atoms with Gasteiger partial charge in [0.2, 0.25) is 11.8 Å². The van der Waals surface area contributed by atoms with E-state index >= 15 is 0 Å². The number of hydrogen-bond donors (Lipinski definition) is 3. The fourth-order valence-corrected chi connectivity index (χ4v) is 5.86. The summed E-state index contributed by atoms with van der Waals surface area (Å²) in [4.78, 5) is 41.4. The summed E-state index contributed by atoms with van der Waals surface area (Å²) in [6, 6.07) is 14.2. The molecule has 3 aliphatic heterocycles. The first kappa shape index (κ1) is 28.1. The van der Waals surface area contributed by atoms with Crippen LogP contribution in [0.1, 0.15) is 60.5 Å². The van der Waals surface area contributed by atoms with Crippen molar-refractivity contribution in [2.24, 2.45) is 0 Å². The van der Waals surface area contributed by atoms with Crippen molar-refractivity contribution in [3.63, 3.8) is 0 Å². The van der Waals surface area contributed by atoms with E-state index in [4.69, 9.17) is 4.74 Å². The van der Waals surface area contributed by atoms with Gasteiger partial charge in [0.05, 0.1) is 0 Å². The number of amides is 3. The molecule has 0 saturated carbocycles. The first-order chi connectivity index (χ1) is 19.5. The lowest BCUT2D eigenvalue weighted by atomic mass is 10.0. The molecule has 1 unspecified atom stereocenters. The SMILES string of the molecule is CCc1cc(OC[C@H]2CCCCN2Cc2ccc(N3CCNCC3)cc2)ccc1C(=O)NC1CCC(=O)NC1=O. The number of nitrogens with one attached hydrogen (secondary N) is 3. The van der Waals surface area contributed by atoms with Gasteiger partial charge in [-0.1, -0.05) is 25.5 Å². The largest absolute Gasteiger partial charge is 0.492 e. The number of carbonyl (C=O) groups is 3. The lowest BCUT2D eigenvalue weighted by molar-refractivity contribution is -0.134. The molecule has 0 radical (unpaired) electrons. The van der Waals surface area contributed by atoms with Gasteiger partial charge in [0, 0.05) is 56.4 Å². The molecule has 5 rings (SSSR count). The monoisotopic (exact) mass is 547 g/mol. The molecular formula is C31H41N5O4. The highest BCUT2D eigenvalue weighted by Crippen LogP contribution is 2.24. The maximum Gasteiger partial charge on any atom is 0.252 e. The Morgan fingerprint density at radius 1 is 1.02 bits per heavy atom. The number of likely N-dealkylation sites (tertiary alicyclic amines) is 1. The van der Waals surface area contributed by atoms with Crippen LogP contribution in [0.3, 0.4) is 0 Å². The highest BCUT2D eigenvalue weighted by molar-refractivity contribution is 6.04. The Bertz CT molecular complexity index is 1190. The number of benzene rings is 2. The highest BCUT2D eigenvalue weighted by atomic mass is 16.5. The zero-order valence-electron chi connectivity index (χ0n) is 23.4. The standard InChI is InChI=1S/C31H41N5O4/c1-2-23-19-26(10-11-27(23)30(38)33-28-12-13-29(37)34-31(28)39)40-21-25-5-3-4-16-36(25)20-22-6-8-24(9-7-22)35-17-14-32-15-18-35/h6-11,19,25,28,32H,2-5,12-18,20-21H2,1H3,(H,33,38)(H,34,37,39)/t25-,28?/m1/s1.